The summed E-state index contributed by atoms with van der Waals surface area (Å²) >= 11 is 9.02. The molecule has 2 aromatic heterocycles. The van der Waals surface area contributed by atoms with Gasteiger partial charge in [0, 0.05) is 18.0 Å². The fraction of sp³-hybridized carbons (Fsp3) is 0.529. The van der Waals surface area contributed by atoms with E-state index < -0.39 is 0 Å². The van der Waals surface area contributed by atoms with Crippen molar-refractivity contribution < 1.29 is 4.79 Å². The largest absolute Gasteiger partial charge is 0.351 e. The third-order valence-corrected chi connectivity index (χ3v) is 6.79. The molecule has 0 spiro atoms. The lowest BCUT2D eigenvalue weighted by Gasteiger charge is -2.30. The Morgan fingerprint density at radius 1 is 1.31 bits per heavy atom. The number of nitrogens with two attached hydrogens (primary N) is 1. The number of aromatic nitrogens is 1. The van der Waals surface area contributed by atoms with Gasteiger partial charge >= 0.3 is 0 Å². The predicted octanol–water partition coefficient (Wildman–Crippen LogP) is 4.93. The standard InChI is InChI=1S/C17H22ClN3OS2.2ClH/c18-15-7-6-14(24-15)17-20-12(10-23-17)8-16(22)21-13(9-19)11-4-2-1-3-5-11;;/h6-7,10-11,13H,1-5,8-9,19H2,(H,21,22);2*1H. The average molecular weight is 457 g/mol. The highest BCUT2D eigenvalue weighted by Crippen LogP contribution is 2.33. The number of hydrogen-bond donors (Lipinski definition) is 2. The molecule has 1 unspecified atom stereocenters. The molecule has 1 amide bonds. The Labute approximate surface area is 179 Å². The van der Waals surface area contributed by atoms with Crippen molar-refractivity contribution >= 4 is 65.0 Å². The van der Waals surface area contributed by atoms with Crippen molar-refractivity contribution in [1.29, 1.82) is 0 Å². The molecule has 3 N–H and O–H groups in total. The van der Waals surface area contributed by atoms with Crippen LogP contribution in [0.1, 0.15) is 37.8 Å². The summed E-state index contributed by atoms with van der Waals surface area (Å²) in [6, 6.07) is 3.92. The lowest BCUT2D eigenvalue weighted by atomic mass is 9.84. The van der Waals surface area contributed by atoms with Gasteiger partial charge in [0.1, 0.15) is 5.01 Å². The van der Waals surface area contributed by atoms with Crippen LogP contribution in [0.4, 0.5) is 0 Å². The van der Waals surface area contributed by atoms with Crippen LogP contribution in [0.2, 0.25) is 4.34 Å². The minimum Gasteiger partial charge on any atom is -0.351 e. The molecule has 2 aromatic rings. The Bertz CT molecular complexity index is 686. The minimum atomic E-state index is 0. The van der Waals surface area contributed by atoms with Gasteiger partial charge in [-0.05, 0) is 30.9 Å². The third kappa shape index (κ3) is 6.36. The van der Waals surface area contributed by atoms with Gasteiger partial charge in [-0.15, -0.1) is 47.5 Å². The summed E-state index contributed by atoms with van der Waals surface area (Å²) < 4.78 is 0.748. The maximum atomic E-state index is 12.4. The molecule has 1 atom stereocenters. The quantitative estimate of drug-likeness (QED) is 0.647. The van der Waals surface area contributed by atoms with Crippen LogP contribution in [-0.4, -0.2) is 23.5 Å². The van der Waals surface area contributed by atoms with Crippen molar-refractivity contribution in [2.24, 2.45) is 11.7 Å². The van der Waals surface area contributed by atoms with E-state index in [1.165, 1.54) is 43.4 Å². The SMILES string of the molecule is Cl.Cl.NCC(NC(=O)Cc1csc(-c2ccc(Cl)s2)n1)C1CCCCC1. The van der Waals surface area contributed by atoms with Crippen molar-refractivity contribution in [3.63, 3.8) is 0 Å². The highest BCUT2D eigenvalue weighted by Gasteiger charge is 2.24. The number of thiazole rings is 1. The zero-order valence-electron chi connectivity index (χ0n) is 14.3. The Balaban J connectivity index is 0.00000169. The number of amides is 1. The molecule has 146 valence electrons. The Morgan fingerprint density at radius 3 is 2.65 bits per heavy atom. The molecule has 0 aliphatic heterocycles. The summed E-state index contributed by atoms with van der Waals surface area (Å²) in [5.41, 5.74) is 6.69. The molecule has 1 aliphatic carbocycles. The van der Waals surface area contributed by atoms with Crippen LogP contribution in [0, 0.1) is 5.92 Å². The van der Waals surface area contributed by atoms with Gasteiger partial charge in [0.2, 0.25) is 5.91 Å². The van der Waals surface area contributed by atoms with Gasteiger partial charge in [-0.3, -0.25) is 4.79 Å². The summed E-state index contributed by atoms with van der Waals surface area (Å²) in [5, 5.41) is 5.98. The van der Waals surface area contributed by atoms with E-state index in [1.54, 1.807) is 11.3 Å². The molecule has 9 heteroatoms. The van der Waals surface area contributed by atoms with Gasteiger partial charge in [0.25, 0.3) is 0 Å². The van der Waals surface area contributed by atoms with E-state index in [4.69, 9.17) is 17.3 Å². The molecular weight excluding hydrogens is 433 g/mol. The number of hydrogen-bond acceptors (Lipinski definition) is 5. The number of carbonyl (C=O) groups is 1. The maximum Gasteiger partial charge on any atom is 0.226 e. The Hall–Kier alpha value is -0.370. The van der Waals surface area contributed by atoms with E-state index in [-0.39, 0.29) is 36.8 Å². The lowest BCUT2D eigenvalue weighted by molar-refractivity contribution is -0.121. The van der Waals surface area contributed by atoms with Crippen LogP contribution in [0.25, 0.3) is 9.88 Å². The van der Waals surface area contributed by atoms with E-state index in [9.17, 15) is 4.79 Å². The maximum absolute atomic E-state index is 12.4. The molecule has 1 saturated carbocycles. The second-order valence-corrected chi connectivity index (χ2v) is 8.81. The van der Waals surface area contributed by atoms with Crippen LogP contribution >= 0.6 is 59.1 Å². The number of carbonyl (C=O) groups excluding carboxylic acids is 1. The van der Waals surface area contributed by atoms with E-state index in [0.717, 1.165) is 19.9 Å². The van der Waals surface area contributed by atoms with E-state index in [1.807, 2.05) is 17.5 Å². The first-order chi connectivity index (χ1) is 11.7. The second kappa shape index (κ2) is 11.5. The molecule has 0 saturated heterocycles. The van der Waals surface area contributed by atoms with E-state index in [0.29, 0.717) is 18.9 Å². The zero-order chi connectivity index (χ0) is 16.9. The first-order valence-corrected chi connectivity index (χ1v) is 10.4. The third-order valence-electron chi connectivity index (χ3n) is 4.50. The van der Waals surface area contributed by atoms with Crippen molar-refractivity contribution in [3.05, 3.63) is 27.5 Å². The van der Waals surface area contributed by atoms with Gasteiger partial charge in [0.15, 0.2) is 0 Å². The van der Waals surface area contributed by atoms with Gasteiger partial charge < -0.3 is 11.1 Å². The van der Waals surface area contributed by atoms with Crippen molar-refractivity contribution in [1.82, 2.24) is 10.3 Å². The highest BCUT2D eigenvalue weighted by atomic mass is 35.5. The molecule has 1 fully saturated rings. The van der Waals surface area contributed by atoms with Crippen LogP contribution in [0.5, 0.6) is 0 Å². The first-order valence-electron chi connectivity index (χ1n) is 8.35. The highest BCUT2D eigenvalue weighted by molar-refractivity contribution is 7.23. The zero-order valence-corrected chi connectivity index (χ0v) is 18.3. The first kappa shape index (κ1) is 23.7. The molecule has 26 heavy (non-hydrogen) atoms. The van der Waals surface area contributed by atoms with Crippen molar-refractivity contribution in [3.8, 4) is 9.88 Å². The summed E-state index contributed by atoms with van der Waals surface area (Å²) in [5.74, 6) is 0.532. The van der Waals surface area contributed by atoms with Crippen LogP contribution in [0.3, 0.4) is 0 Å². The van der Waals surface area contributed by atoms with Gasteiger partial charge in [-0.1, -0.05) is 30.9 Å². The smallest absolute Gasteiger partial charge is 0.226 e. The van der Waals surface area contributed by atoms with Crippen LogP contribution in [0.15, 0.2) is 17.5 Å². The molecule has 3 rings (SSSR count). The summed E-state index contributed by atoms with van der Waals surface area (Å²) in [7, 11) is 0. The molecule has 2 heterocycles. The Morgan fingerprint density at radius 2 is 2.04 bits per heavy atom. The van der Waals surface area contributed by atoms with Gasteiger partial charge in [-0.2, -0.15) is 0 Å². The van der Waals surface area contributed by atoms with Crippen LogP contribution in [-0.2, 0) is 11.2 Å². The molecule has 0 radical (unpaired) electrons. The van der Waals surface area contributed by atoms with E-state index in [2.05, 4.69) is 10.3 Å². The fourth-order valence-corrected chi connectivity index (χ4v) is 5.19. The minimum absolute atomic E-state index is 0. The molecule has 4 nitrogen and oxygen atoms in total. The van der Waals surface area contributed by atoms with Gasteiger partial charge in [-0.25, -0.2) is 4.98 Å². The summed E-state index contributed by atoms with van der Waals surface area (Å²) in [6.07, 6.45) is 6.44. The normalized spacial score (nSPS) is 15.6. The lowest BCUT2D eigenvalue weighted by Crippen LogP contribution is -2.46. The molecule has 1 aliphatic rings. The summed E-state index contributed by atoms with van der Waals surface area (Å²) in [4.78, 5) is 18.0. The molecular formula is C17H24Cl3N3OS2. The monoisotopic (exact) mass is 455 g/mol. The number of nitrogens with zero attached hydrogens (tertiary/aromatic N) is 1. The second-order valence-electron chi connectivity index (χ2n) is 6.23. The van der Waals surface area contributed by atoms with E-state index >= 15 is 0 Å². The topological polar surface area (TPSA) is 68.0 Å². The van der Waals surface area contributed by atoms with Crippen molar-refractivity contribution in [2.75, 3.05) is 6.54 Å². The van der Waals surface area contributed by atoms with Crippen molar-refractivity contribution in [2.45, 2.75) is 44.6 Å². The predicted molar refractivity (Wildman–Crippen MR) is 116 cm³/mol. The molecule has 0 bridgehead atoms. The summed E-state index contributed by atoms with van der Waals surface area (Å²) in [6.45, 7) is 0.506. The van der Waals surface area contributed by atoms with Crippen LogP contribution < -0.4 is 11.1 Å². The fourth-order valence-electron chi connectivity index (χ4n) is 3.26. The number of thiophene rings is 1. The number of halogens is 3. The van der Waals surface area contributed by atoms with Gasteiger partial charge in [0.05, 0.1) is 21.3 Å². The molecule has 0 aromatic carbocycles. The Kier molecular flexibility index (Phi) is 10.4. The average Bonchev–Trinajstić information content (AvgIpc) is 3.22. The number of nitrogens with one attached hydrogen (secondary N) is 1. The number of rotatable bonds is 6.